The van der Waals surface area contributed by atoms with Crippen molar-refractivity contribution in [3.05, 3.63) is 0 Å². The van der Waals surface area contributed by atoms with Gasteiger partial charge < -0.3 is 16.0 Å². The Labute approximate surface area is 153 Å². The number of hydrogen-bond acceptors (Lipinski definition) is 2. The fourth-order valence-corrected chi connectivity index (χ4v) is 3.61. The van der Waals surface area contributed by atoms with Crippen molar-refractivity contribution in [2.24, 2.45) is 16.6 Å². The summed E-state index contributed by atoms with van der Waals surface area (Å²) in [4.78, 5) is 7.19. The monoisotopic (exact) mass is 422 g/mol. The Morgan fingerprint density at radius 2 is 1.73 bits per heavy atom. The maximum atomic E-state index is 6.08. The SMILES string of the molecule is CCCN1CCC(CN=C(N)NC2CCCCCC2)CC1.I. The predicted molar refractivity (Wildman–Crippen MR) is 106 cm³/mol. The first kappa shape index (κ1) is 20.0. The van der Waals surface area contributed by atoms with E-state index < -0.39 is 0 Å². The van der Waals surface area contributed by atoms with Crippen LogP contribution in [0.25, 0.3) is 0 Å². The van der Waals surface area contributed by atoms with Crippen LogP contribution in [0.5, 0.6) is 0 Å². The number of guanidine groups is 1. The number of nitrogens with one attached hydrogen (secondary N) is 1. The summed E-state index contributed by atoms with van der Waals surface area (Å²) < 4.78 is 0. The van der Waals surface area contributed by atoms with Crippen LogP contribution in [0.15, 0.2) is 4.99 Å². The number of hydrogen-bond donors (Lipinski definition) is 2. The van der Waals surface area contributed by atoms with E-state index in [0.29, 0.717) is 12.0 Å². The van der Waals surface area contributed by atoms with E-state index in [1.54, 1.807) is 0 Å². The van der Waals surface area contributed by atoms with Gasteiger partial charge in [-0.2, -0.15) is 0 Å². The van der Waals surface area contributed by atoms with Crippen LogP contribution in [0.3, 0.4) is 0 Å². The summed E-state index contributed by atoms with van der Waals surface area (Å²) in [6.45, 7) is 6.90. The van der Waals surface area contributed by atoms with Crippen molar-refractivity contribution >= 4 is 29.9 Å². The molecule has 22 heavy (non-hydrogen) atoms. The van der Waals surface area contributed by atoms with Gasteiger partial charge in [-0.3, -0.25) is 4.99 Å². The average Bonchev–Trinajstić information content (AvgIpc) is 2.75. The molecule has 0 radical (unpaired) electrons. The molecule has 3 N–H and O–H groups in total. The second-order valence-electron chi connectivity index (χ2n) is 6.84. The highest BCUT2D eigenvalue weighted by atomic mass is 127. The zero-order chi connectivity index (χ0) is 14.9. The maximum absolute atomic E-state index is 6.08. The minimum absolute atomic E-state index is 0. The van der Waals surface area contributed by atoms with E-state index in [2.05, 4.69) is 22.1 Å². The van der Waals surface area contributed by atoms with Crippen LogP contribution in [0.1, 0.15) is 64.7 Å². The van der Waals surface area contributed by atoms with Crippen molar-refractivity contribution in [3.8, 4) is 0 Å². The highest BCUT2D eigenvalue weighted by Crippen LogP contribution is 2.18. The molecule has 0 aromatic heterocycles. The highest BCUT2D eigenvalue weighted by Gasteiger charge is 2.18. The van der Waals surface area contributed by atoms with Crippen molar-refractivity contribution in [2.75, 3.05) is 26.2 Å². The van der Waals surface area contributed by atoms with Gasteiger partial charge >= 0.3 is 0 Å². The zero-order valence-corrected chi connectivity index (χ0v) is 16.6. The molecule has 0 bridgehead atoms. The van der Waals surface area contributed by atoms with E-state index >= 15 is 0 Å². The van der Waals surface area contributed by atoms with E-state index in [-0.39, 0.29) is 24.0 Å². The van der Waals surface area contributed by atoms with Crippen LogP contribution >= 0.6 is 24.0 Å². The number of halogens is 1. The first-order chi connectivity index (χ1) is 10.3. The van der Waals surface area contributed by atoms with Crippen molar-refractivity contribution in [1.82, 2.24) is 10.2 Å². The molecule has 1 aliphatic carbocycles. The summed E-state index contributed by atoms with van der Waals surface area (Å²) in [5.41, 5.74) is 6.08. The van der Waals surface area contributed by atoms with E-state index in [1.807, 2.05) is 0 Å². The molecular formula is C17H35IN4. The molecule has 1 saturated carbocycles. The van der Waals surface area contributed by atoms with E-state index in [4.69, 9.17) is 5.73 Å². The third-order valence-corrected chi connectivity index (χ3v) is 4.97. The lowest BCUT2D eigenvalue weighted by Gasteiger charge is -2.31. The molecule has 0 atom stereocenters. The number of likely N-dealkylation sites (tertiary alicyclic amines) is 1. The van der Waals surface area contributed by atoms with Gasteiger partial charge in [-0.05, 0) is 57.7 Å². The fourth-order valence-electron chi connectivity index (χ4n) is 3.61. The summed E-state index contributed by atoms with van der Waals surface area (Å²) in [6.07, 6.45) is 11.8. The van der Waals surface area contributed by atoms with Crippen molar-refractivity contribution in [3.63, 3.8) is 0 Å². The van der Waals surface area contributed by atoms with Crippen molar-refractivity contribution < 1.29 is 0 Å². The molecule has 130 valence electrons. The third kappa shape index (κ3) is 7.49. The van der Waals surface area contributed by atoms with Crippen LogP contribution in [0.4, 0.5) is 0 Å². The summed E-state index contributed by atoms with van der Waals surface area (Å²) in [7, 11) is 0. The molecule has 1 heterocycles. The molecule has 0 aromatic rings. The quantitative estimate of drug-likeness (QED) is 0.309. The largest absolute Gasteiger partial charge is 0.370 e. The lowest BCUT2D eigenvalue weighted by molar-refractivity contribution is 0.188. The predicted octanol–water partition coefficient (Wildman–Crippen LogP) is 3.35. The van der Waals surface area contributed by atoms with Crippen LogP contribution < -0.4 is 11.1 Å². The van der Waals surface area contributed by atoms with Gasteiger partial charge in [0, 0.05) is 12.6 Å². The molecule has 2 rings (SSSR count). The topological polar surface area (TPSA) is 53.6 Å². The normalized spacial score (nSPS) is 22.9. The van der Waals surface area contributed by atoms with Gasteiger partial charge in [-0.25, -0.2) is 0 Å². The number of nitrogens with zero attached hydrogens (tertiary/aromatic N) is 2. The molecule has 5 heteroatoms. The standard InChI is InChI=1S/C17H34N4.HI/c1-2-11-21-12-9-15(10-13-21)14-19-17(18)20-16-7-5-3-4-6-8-16;/h15-16H,2-14H2,1H3,(H3,18,19,20);1H. The van der Waals surface area contributed by atoms with E-state index in [9.17, 15) is 0 Å². The Hall–Kier alpha value is -0.0400. The number of aliphatic imine (C=N–C) groups is 1. The number of piperidine rings is 1. The van der Waals surface area contributed by atoms with Gasteiger partial charge in [0.05, 0.1) is 0 Å². The van der Waals surface area contributed by atoms with Crippen LogP contribution in [0.2, 0.25) is 0 Å². The minimum Gasteiger partial charge on any atom is -0.370 e. The average molecular weight is 422 g/mol. The maximum Gasteiger partial charge on any atom is 0.188 e. The van der Waals surface area contributed by atoms with Crippen LogP contribution in [0, 0.1) is 5.92 Å². The van der Waals surface area contributed by atoms with Crippen molar-refractivity contribution in [1.29, 1.82) is 0 Å². The van der Waals surface area contributed by atoms with Gasteiger partial charge in [0.1, 0.15) is 0 Å². The van der Waals surface area contributed by atoms with Gasteiger partial charge in [-0.15, -0.1) is 24.0 Å². The molecule has 0 aromatic carbocycles. The Kier molecular flexibility index (Phi) is 10.4. The summed E-state index contributed by atoms with van der Waals surface area (Å²) in [5, 5.41) is 3.44. The Morgan fingerprint density at radius 1 is 1.09 bits per heavy atom. The summed E-state index contributed by atoms with van der Waals surface area (Å²) in [5.74, 6) is 1.41. The molecule has 4 nitrogen and oxygen atoms in total. The Bertz CT molecular complexity index is 306. The smallest absolute Gasteiger partial charge is 0.188 e. The lowest BCUT2D eigenvalue weighted by Crippen LogP contribution is -2.40. The minimum atomic E-state index is 0. The van der Waals surface area contributed by atoms with E-state index in [0.717, 1.165) is 12.5 Å². The zero-order valence-electron chi connectivity index (χ0n) is 14.2. The highest BCUT2D eigenvalue weighted by molar-refractivity contribution is 14.0. The second-order valence-corrected chi connectivity index (χ2v) is 6.84. The molecule has 1 saturated heterocycles. The van der Waals surface area contributed by atoms with Crippen molar-refractivity contribution in [2.45, 2.75) is 70.8 Å². The van der Waals surface area contributed by atoms with Crippen LogP contribution in [-0.4, -0.2) is 43.1 Å². The first-order valence-corrected chi connectivity index (χ1v) is 9.06. The first-order valence-electron chi connectivity index (χ1n) is 9.06. The lowest BCUT2D eigenvalue weighted by atomic mass is 9.97. The molecule has 0 amide bonds. The van der Waals surface area contributed by atoms with E-state index in [1.165, 1.54) is 77.4 Å². The number of nitrogens with two attached hydrogens (primary N) is 1. The summed E-state index contributed by atoms with van der Waals surface area (Å²) >= 11 is 0. The van der Waals surface area contributed by atoms with Gasteiger partial charge in [0.15, 0.2) is 5.96 Å². The number of rotatable bonds is 5. The van der Waals surface area contributed by atoms with Crippen LogP contribution in [-0.2, 0) is 0 Å². The summed E-state index contributed by atoms with van der Waals surface area (Å²) in [6, 6.07) is 0.558. The Balaban J connectivity index is 0.00000242. The molecule has 1 aliphatic heterocycles. The van der Waals surface area contributed by atoms with Gasteiger partial charge in [0.25, 0.3) is 0 Å². The molecule has 2 aliphatic rings. The Morgan fingerprint density at radius 3 is 2.32 bits per heavy atom. The molecule has 2 fully saturated rings. The van der Waals surface area contributed by atoms with Gasteiger partial charge in [0.2, 0.25) is 0 Å². The molecule has 0 spiro atoms. The third-order valence-electron chi connectivity index (χ3n) is 4.97. The molecular weight excluding hydrogens is 387 g/mol. The fraction of sp³-hybridized carbons (Fsp3) is 0.941. The second kappa shape index (κ2) is 11.5. The molecule has 0 unspecified atom stereocenters. The van der Waals surface area contributed by atoms with Gasteiger partial charge in [-0.1, -0.05) is 32.6 Å².